The number of aromatic nitrogens is 2. The van der Waals surface area contributed by atoms with Gasteiger partial charge in [0.2, 0.25) is 5.88 Å². The van der Waals surface area contributed by atoms with E-state index in [4.69, 9.17) is 9.47 Å². The zero-order valence-electron chi connectivity index (χ0n) is 12.3. The van der Waals surface area contributed by atoms with Crippen molar-refractivity contribution in [3.8, 4) is 28.6 Å². The Morgan fingerprint density at radius 1 is 0.909 bits per heavy atom. The summed E-state index contributed by atoms with van der Waals surface area (Å²) in [4.78, 5) is 0. The molecule has 0 radical (unpaired) electrons. The number of benzene rings is 2. The van der Waals surface area contributed by atoms with Gasteiger partial charge in [-0.2, -0.15) is 9.78 Å². The molecule has 0 saturated carbocycles. The van der Waals surface area contributed by atoms with Crippen LogP contribution in [-0.4, -0.2) is 24.0 Å². The second-order valence-corrected chi connectivity index (χ2v) is 5.44. The van der Waals surface area contributed by atoms with Crippen molar-refractivity contribution >= 4 is 15.9 Å². The van der Waals surface area contributed by atoms with Crippen LogP contribution in [0.15, 0.2) is 59.1 Å². The van der Waals surface area contributed by atoms with Crippen LogP contribution in [0, 0.1) is 0 Å². The molecule has 1 aromatic heterocycles. The zero-order valence-corrected chi connectivity index (χ0v) is 13.9. The monoisotopic (exact) mass is 358 g/mol. The van der Waals surface area contributed by atoms with E-state index in [9.17, 15) is 0 Å². The summed E-state index contributed by atoms with van der Waals surface area (Å²) in [5.74, 6) is 1.48. The van der Waals surface area contributed by atoms with E-state index in [-0.39, 0.29) is 0 Å². The molecule has 1 heterocycles. The minimum atomic E-state index is 0.664. The van der Waals surface area contributed by atoms with Crippen molar-refractivity contribution in [3.05, 3.63) is 59.1 Å². The van der Waals surface area contributed by atoms with E-state index in [1.807, 2.05) is 54.6 Å². The molecular weight excluding hydrogens is 344 g/mol. The second kappa shape index (κ2) is 6.23. The fraction of sp³-hybridized carbons (Fsp3) is 0.118. The first-order valence-corrected chi connectivity index (χ1v) is 7.56. The largest absolute Gasteiger partial charge is 0.497 e. The highest BCUT2D eigenvalue weighted by Crippen LogP contribution is 2.37. The number of para-hydroxylation sites is 1. The Balaban J connectivity index is 2.11. The van der Waals surface area contributed by atoms with Crippen LogP contribution in [0.3, 0.4) is 0 Å². The number of hydrogen-bond donors (Lipinski definition) is 0. The van der Waals surface area contributed by atoms with Gasteiger partial charge in [0.1, 0.15) is 15.9 Å². The van der Waals surface area contributed by atoms with Crippen LogP contribution < -0.4 is 9.47 Å². The van der Waals surface area contributed by atoms with Crippen LogP contribution in [0.4, 0.5) is 0 Å². The van der Waals surface area contributed by atoms with Crippen molar-refractivity contribution in [2.24, 2.45) is 0 Å². The summed E-state index contributed by atoms with van der Waals surface area (Å²) in [6.45, 7) is 0. The lowest BCUT2D eigenvalue weighted by Crippen LogP contribution is -1.99. The highest BCUT2D eigenvalue weighted by molar-refractivity contribution is 9.10. The van der Waals surface area contributed by atoms with Crippen molar-refractivity contribution in [1.82, 2.24) is 9.78 Å². The Morgan fingerprint density at radius 2 is 1.59 bits per heavy atom. The molecule has 2 aromatic carbocycles. The molecule has 0 bridgehead atoms. The molecule has 22 heavy (non-hydrogen) atoms. The SMILES string of the molecule is COc1ccc(-c2nn(-c3ccccc3)c(OC)c2Br)cc1. The topological polar surface area (TPSA) is 36.3 Å². The summed E-state index contributed by atoms with van der Waals surface area (Å²) in [6, 6.07) is 17.7. The summed E-state index contributed by atoms with van der Waals surface area (Å²) in [7, 11) is 3.29. The van der Waals surface area contributed by atoms with Crippen LogP contribution in [-0.2, 0) is 0 Å². The number of hydrogen-bond acceptors (Lipinski definition) is 3. The van der Waals surface area contributed by atoms with Gasteiger partial charge in [-0.15, -0.1) is 0 Å². The van der Waals surface area contributed by atoms with Crippen molar-refractivity contribution in [1.29, 1.82) is 0 Å². The van der Waals surface area contributed by atoms with E-state index in [0.717, 1.165) is 27.2 Å². The highest BCUT2D eigenvalue weighted by atomic mass is 79.9. The average Bonchev–Trinajstić information content (AvgIpc) is 2.92. The molecule has 0 saturated heterocycles. The molecule has 5 heteroatoms. The maximum absolute atomic E-state index is 5.51. The molecule has 0 unspecified atom stereocenters. The van der Waals surface area contributed by atoms with E-state index < -0.39 is 0 Å². The lowest BCUT2D eigenvalue weighted by Gasteiger charge is -2.05. The van der Waals surface area contributed by atoms with Gasteiger partial charge in [0.05, 0.1) is 19.9 Å². The summed E-state index contributed by atoms with van der Waals surface area (Å²) in [5, 5.41) is 4.68. The Hall–Kier alpha value is -2.27. The fourth-order valence-corrected chi connectivity index (χ4v) is 2.88. The molecular formula is C17H15BrN2O2. The van der Waals surface area contributed by atoms with Gasteiger partial charge >= 0.3 is 0 Å². The zero-order chi connectivity index (χ0) is 15.5. The molecule has 3 aromatic rings. The summed E-state index contributed by atoms with van der Waals surface area (Å²) < 4.78 is 13.3. The van der Waals surface area contributed by atoms with E-state index in [2.05, 4.69) is 21.0 Å². The molecule has 0 N–H and O–H groups in total. The lowest BCUT2D eigenvalue weighted by molar-refractivity contribution is 0.381. The maximum atomic E-state index is 5.51. The van der Waals surface area contributed by atoms with E-state index in [1.54, 1.807) is 18.9 Å². The number of methoxy groups -OCH3 is 2. The maximum Gasteiger partial charge on any atom is 0.231 e. The third-order valence-corrected chi connectivity index (χ3v) is 4.06. The second-order valence-electron chi connectivity index (χ2n) is 4.65. The quantitative estimate of drug-likeness (QED) is 0.696. The molecule has 0 spiro atoms. The number of ether oxygens (including phenoxy) is 2. The number of rotatable bonds is 4. The lowest BCUT2D eigenvalue weighted by atomic mass is 10.1. The first-order chi connectivity index (χ1) is 10.7. The summed E-state index contributed by atoms with van der Waals surface area (Å²) >= 11 is 3.59. The van der Waals surface area contributed by atoms with Gasteiger partial charge in [-0.05, 0) is 52.3 Å². The molecule has 4 nitrogen and oxygen atoms in total. The standard InChI is InChI=1S/C17H15BrN2O2/c1-21-14-10-8-12(9-11-14)16-15(18)17(22-2)20(19-16)13-6-4-3-5-7-13/h3-11H,1-2H3. The number of halogens is 1. The fourth-order valence-electron chi connectivity index (χ4n) is 2.24. The molecule has 0 aliphatic rings. The van der Waals surface area contributed by atoms with Gasteiger partial charge < -0.3 is 9.47 Å². The molecule has 0 atom stereocenters. The molecule has 3 rings (SSSR count). The van der Waals surface area contributed by atoms with Crippen LogP contribution in [0.25, 0.3) is 16.9 Å². The Kier molecular flexibility index (Phi) is 4.15. The van der Waals surface area contributed by atoms with Crippen molar-refractivity contribution in [3.63, 3.8) is 0 Å². The molecule has 0 aliphatic carbocycles. The minimum Gasteiger partial charge on any atom is -0.497 e. The molecule has 112 valence electrons. The smallest absolute Gasteiger partial charge is 0.231 e. The first kappa shape index (κ1) is 14.7. The third-order valence-electron chi connectivity index (χ3n) is 3.35. The normalized spacial score (nSPS) is 10.5. The van der Waals surface area contributed by atoms with Gasteiger partial charge in [0.15, 0.2) is 0 Å². The minimum absolute atomic E-state index is 0.664. The Labute approximate surface area is 137 Å². The van der Waals surface area contributed by atoms with Gasteiger partial charge in [0, 0.05) is 5.56 Å². The highest BCUT2D eigenvalue weighted by Gasteiger charge is 2.18. The molecule has 0 fully saturated rings. The van der Waals surface area contributed by atoms with Gasteiger partial charge in [0.25, 0.3) is 0 Å². The Bertz CT molecular complexity index is 767. The van der Waals surface area contributed by atoms with Crippen molar-refractivity contribution in [2.75, 3.05) is 14.2 Å². The third kappa shape index (κ3) is 2.60. The van der Waals surface area contributed by atoms with Gasteiger partial charge in [-0.3, -0.25) is 0 Å². The van der Waals surface area contributed by atoms with Gasteiger partial charge in [-0.25, -0.2) is 0 Å². The van der Waals surface area contributed by atoms with Crippen molar-refractivity contribution < 1.29 is 9.47 Å². The predicted octanol–water partition coefficient (Wildman–Crippen LogP) is 4.32. The Morgan fingerprint density at radius 3 is 2.18 bits per heavy atom. The van der Waals surface area contributed by atoms with Crippen molar-refractivity contribution in [2.45, 2.75) is 0 Å². The first-order valence-electron chi connectivity index (χ1n) is 6.77. The predicted molar refractivity (Wildman–Crippen MR) is 89.8 cm³/mol. The van der Waals surface area contributed by atoms with Crippen LogP contribution >= 0.6 is 15.9 Å². The van der Waals surface area contributed by atoms with Crippen LogP contribution in [0.5, 0.6) is 11.6 Å². The van der Waals surface area contributed by atoms with E-state index in [1.165, 1.54) is 0 Å². The summed E-state index contributed by atoms with van der Waals surface area (Å²) in [5.41, 5.74) is 2.75. The summed E-state index contributed by atoms with van der Waals surface area (Å²) in [6.07, 6.45) is 0. The average molecular weight is 359 g/mol. The van der Waals surface area contributed by atoms with Gasteiger partial charge in [-0.1, -0.05) is 18.2 Å². The molecule has 0 amide bonds. The molecule has 0 aliphatic heterocycles. The van der Waals surface area contributed by atoms with Crippen LogP contribution in [0.2, 0.25) is 0 Å². The van der Waals surface area contributed by atoms with E-state index in [0.29, 0.717) is 5.88 Å². The van der Waals surface area contributed by atoms with Crippen LogP contribution in [0.1, 0.15) is 0 Å². The van der Waals surface area contributed by atoms with E-state index >= 15 is 0 Å². The number of nitrogens with zero attached hydrogens (tertiary/aromatic N) is 2.